The molecule has 0 saturated heterocycles. The van der Waals surface area contributed by atoms with Crippen molar-refractivity contribution >= 4 is 5.78 Å². The molecule has 1 aromatic heterocycles. The maximum atomic E-state index is 13.0. The van der Waals surface area contributed by atoms with Crippen LogP contribution in [0.15, 0.2) is 6.07 Å². The number of carbonyl (C=O) groups is 1. The fourth-order valence-electron chi connectivity index (χ4n) is 3.56. The molecule has 1 heterocycles. The second kappa shape index (κ2) is 6.30. The number of carbonyl (C=O) groups excluding carboxylic acids is 1. The Morgan fingerprint density at radius 3 is 2.57 bits per heavy atom. The van der Waals surface area contributed by atoms with Crippen LogP contribution in [0.2, 0.25) is 0 Å². The molecule has 1 saturated carbocycles. The van der Waals surface area contributed by atoms with Crippen LogP contribution in [0.3, 0.4) is 0 Å². The lowest BCUT2D eigenvalue weighted by Crippen LogP contribution is -2.53. The van der Waals surface area contributed by atoms with Gasteiger partial charge in [0.05, 0.1) is 17.7 Å². The van der Waals surface area contributed by atoms with Crippen LogP contribution < -0.4 is 0 Å². The maximum Gasteiger partial charge on any atom is 0.158 e. The van der Waals surface area contributed by atoms with Gasteiger partial charge in [0, 0.05) is 12.2 Å². The largest absolute Gasteiger partial charge is 0.297 e. The van der Waals surface area contributed by atoms with Crippen LogP contribution in [0.25, 0.3) is 0 Å². The van der Waals surface area contributed by atoms with E-state index in [4.69, 9.17) is 0 Å². The molecular weight excluding hydrogens is 262 g/mol. The van der Waals surface area contributed by atoms with Crippen LogP contribution in [0.4, 0.5) is 0 Å². The standard InChI is InChI=1S/C17H29N3O/c1-6-20-15(11-14(3)18-20)12-16(21)17(19(4)5)9-7-13(2)8-10-17/h11,13H,6-10,12H2,1-5H3. The first-order valence-corrected chi connectivity index (χ1v) is 8.13. The Balaban J connectivity index is 2.19. The Hall–Kier alpha value is -1.16. The highest BCUT2D eigenvalue weighted by Gasteiger charge is 2.42. The number of hydrogen-bond donors (Lipinski definition) is 0. The lowest BCUT2D eigenvalue weighted by atomic mass is 9.73. The smallest absolute Gasteiger partial charge is 0.158 e. The van der Waals surface area contributed by atoms with Gasteiger partial charge in [0.25, 0.3) is 0 Å². The molecule has 0 spiro atoms. The maximum absolute atomic E-state index is 13.0. The lowest BCUT2D eigenvalue weighted by Gasteiger charge is -2.43. The monoisotopic (exact) mass is 291 g/mol. The van der Waals surface area contributed by atoms with Gasteiger partial charge in [-0.3, -0.25) is 14.4 Å². The highest BCUT2D eigenvalue weighted by atomic mass is 16.1. The van der Waals surface area contributed by atoms with Crippen LogP contribution in [0.5, 0.6) is 0 Å². The van der Waals surface area contributed by atoms with Gasteiger partial charge in [0.1, 0.15) is 0 Å². The molecule has 1 aliphatic rings. The van der Waals surface area contributed by atoms with Crippen molar-refractivity contribution in [1.82, 2.24) is 14.7 Å². The third-order valence-corrected chi connectivity index (χ3v) is 5.10. The van der Waals surface area contributed by atoms with Gasteiger partial charge in [0.15, 0.2) is 5.78 Å². The molecule has 2 rings (SSSR count). The summed E-state index contributed by atoms with van der Waals surface area (Å²) in [7, 11) is 4.10. The van der Waals surface area contributed by atoms with Gasteiger partial charge < -0.3 is 0 Å². The molecule has 21 heavy (non-hydrogen) atoms. The minimum Gasteiger partial charge on any atom is -0.297 e. The summed E-state index contributed by atoms with van der Waals surface area (Å²) in [5.41, 5.74) is 1.78. The van der Waals surface area contributed by atoms with Crippen molar-refractivity contribution in [2.45, 2.75) is 65.0 Å². The quantitative estimate of drug-likeness (QED) is 0.837. The number of nitrogens with zero attached hydrogens (tertiary/aromatic N) is 3. The fraction of sp³-hybridized carbons (Fsp3) is 0.765. The molecule has 0 atom stereocenters. The van der Waals surface area contributed by atoms with Gasteiger partial charge in [-0.25, -0.2) is 0 Å². The van der Waals surface area contributed by atoms with E-state index in [0.717, 1.165) is 49.5 Å². The molecule has 0 N–H and O–H groups in total. The number of Topliss-reactive ketones (excluding diaryl/α,β-unsaturated/α-hetero) is 1. The Morgan fingerprint density at radius 2 is 2.05 bits per heavy atom. The van der Waals surface area contributed by atoms with Crippen LogP contribution in [0.1, 0.15) is 50.9 Å². The van der Waals surface area contributed by atoms with E-state index in [2.05, 4.69) is 44.0 Å². The molecule has 0 aliphatic heterocycles. The number of aryl methyl sites for hydroxylation is 2. The van der Waals surface area contributed by atoms with E-state index >= 15 is 0 Å². The molecule has 1 aromatic rings. The minimum absolute atomic E-state index is 0.275. The van der Waals surface area contributed by atoms with Crippen molar-refractivity contribution < 1.29 is 4.79 Å². The summed E-state index contributed by atoms with van der Waals surface area (Å²) in [4.78, 5) is 15.2. The van der Waals surface area contributed by atoms with Crippen molar-refractivity contribution in [2.24, 2.45) is 5.92 Å². The second-order valence-electron chi connectivity index (χ2n) is 6.80. The first-order valence-electron chi connectivity index (χ1n) is 8.13. The molecular formula is C17H29N3O. The molecule has 0 radical (unpaired) electrons. The SMILES string of the molecule is CCn1nc(C)cc1CC(=O)C1(N(C)C)CCC(C)CC1. The Labute approximate surface area is 128 Å². The average molecular weight is 291 g/mol. The summed E-state index contributed by atoms with van der Waals surface area (Å²) in [6, 6.07) is 2.05. The fourth-order valence-corrected chi connectivity index (χ4v) is 3.56. The van der Waals surface area contributed by atoms with Crippen LogP contribution >= 0.6 is 0 Å². The van der Waals surface area contributed by atoms with Gasteiger partial charge in [-0.2, -0.15) is 5.10 Å². The highest BCUT2D eigenvalue weighted by Crippen LogP contribution is 2.36. The predicted octanol–water partition coefficient (Wildman–Crippen LogP) is 2.83. The topological polar surface area (TPSA) is 38.1 Å². The molecule has 0 unspecified atom stereocenters. The number of hydrogen-bond acceptors (Lipinski definition) is 3. The lowest BCUT2D eigenvalue weighted by molar-refractivity contribution is -0.131. The predicted molar refractivity (Wildman–Crippen MR) is 85.4 cm³/mol. The van der Waals surface area contributed by atoms with Gasteiger partial charge in [-0.15, -0.1) is 0 Å². The zero-order valence-corrected chi connectivity index (χ0v) is 14.1. The summed E-state index contributed by atoms with van der Waals surface area (Å²) >= 11 is 0. The van der Waals surface area contributed by atoms with Crippen molar-refractivity contribution in [2.75, 3.05) is 14.1 Å². The highest BCUT2D eigenvalue weighted by molar-refractivity contribution is 5.90. The van der Waals surface area contributed by atoms with Crippen molar-refractivity contribution in [3.05, 3.63) is 17.5 Å². The van der Waals surface area contributed by atoms with Gasteiger partial charge in [0.2, 0.25) is 0 Å². The Morgan fingerprint density at radius 1 is 1.43 bits per heavy atom. The summed E-state index contributed by atoms with van der Waals surface area (Å²) < 4.78 is 1.96. The first-order chi connectivity index (χ1) is 9.89. The van der Waals surface area contributed by atoms with E-state index < -0.39 is 0 Å². The van der Waals surface area contributed by atoms with E-state index in [1.807, 2.05) is 11.6 Å². The number of ketones is 1. The van der Waals surface area contributed by atoms with Gasteiger partial charge in [-0.1, -0.05) is 6.92 Å². The van der Waals surface area contributed by atoms with E-state index in [1.54, 1.807) is 0 Å². The molecule has 0 aromatic carbocycles. The van der Waals surface area contributed by atoms with E-state index in [9.17, 15) is 4.79 Å². The van der Waals surface area contributed by atoms with Crippen molar-refractivity contribution in [3.63, 3.8) is 0 Å². The van der Waals surface area contributed by atoms with Gasteiger partial charge >= 0.3 is 0 Å². The molecule has 1 fully saturated rings. The number of rotatable bonds is 5. The van der Waals surface area contributed by atoms with E-state index in [-0.39, 0.29) is 5.54 Å². The summed E-state index contributed by atoms with van der Waals surface area (Å²) in [6.07, 6.45) is 4.77. The van der Waals surface area contributed by atoms with Crippen LogP contribution in [-0.4, -0.2) is 40.1 Å². The molecule has 118 valence electrons. The van der Waals surface area contributed by atoms with Crippen LogP contribution in [-0.2, 0) is 17.8 Å². The van der Waals surface area contributed by atoms with E-state index in [0.29, 0.717) is 12.2 Å². The summed E-state index contributed by atoms with van der Waals surface area (Å²) in [6.45, 7) is 7.18. The Bertz CT molecular complexity index is 496. The minimum atomic E-state index is -0.275. The van der Waals surface area contributed by atoms with Crippen molar-refractivity contribution in [1.29, 1.82) is 0 Å². The molecule has 4 heteroatoms. The zero-order valence-electron chi connectivity index (χ0n) is 14.1. The third kappa shape index (κ3) is 3.20. The molecule has 0 amide bonds. The Kier molecular flexibility index (Phi) is 4.87. The number of aromatic nitrogens is 2. The zero-order chi connectivity index (χ0) is 15.6. The molecule has 4 nitrogen and oxygen atoms in total. The van der Waals surface area contributed by atoms with E-state index in [1.165, 1.54) is 0 Å². The van der Waals surface area contributed by atoms with Crippen molar-refractivity contribution in [3.8, 4) is 0 Å². The third-order valence-electron chi connectivity index (χ3n) is 5.10. The molecule has 0 bridgehead atoms. The first kappa shape index (κ1) is 16.2. The summed E-state index contributed by atoms with van der Waals surface area (Å²) in [5, 5.41) is 4.46. The average Bonchev–Trinajstić information content (AvgIpc) is 2.79. The second-order valence-corrected chi connectivity index (χ2v) is 6.80. The van der Waals surface area contributed by atoms with Gasteiger partial charge in [-0.05, 0) is 65.6 Å². The number of likely N-dealkylation sites (N-methyl/N-ethyl adjacent to an activating group) is 1. The summed E-state index contributed by atoms with van der Waals surface area (Å²) in [5.74, 6) is 1.10. The van der Waals surface area contributed by atoms with Crippen LogP contribution in [0, 0.1) is 12.8 Å². The molecule has 1 aliphatic carbocycles. The normalized spacial score (nSPS) is 26.3.